The Labute approximate surface area is 121 Å². The second-order valence-corrected chi connectivity index (χ2v) is 4.57. The van der Waals surface area contributed by atoms with Crippen LogP contribution in [0, 0.1) is 10.1 Å². The number of rotatable bonds is 5. The largest absolute Gasteiger partial charge is 0.360 e. The summed E-state index contributed by atoms with van der Waals surface area (Å²) in [5.74, 6) is -0.882. The van der Waals surface area contributed by atoms with E-state index in [1.807, 2.05) is 48.6 Å². The topological polar surface area (TPSA) is 98.3 Å². The first kappa shape index (κ1) is 14.5. The fourth-order valence-corrected chi connectivity index (χ4v) is 2.08. The zero-order valence-electron chi connectivity index (χ0n) is 11.2. The molecule has 0 aliphatic heterocycles. The standard InChI is InChI=1S/C15H15N3O3/c16-15(19)14(18(20)21)10-17-13-8-4-7-12(9-13)11-5-2-1-3-6-11/h1-6,8-10,12,17H,7H2,(H2,16,19)/b14-10+. The molecule has 1 aromatic carbocycles. The molecule has 108 valence electrons. The third-order valence-corrected chi connectivity index (χ3v) is 3.12. The van der Waals surface area contributed by atoms with E-state index < -0.39 is 16.5 Å². The van der Waals surface area contributed by atoms with Crippen LogP contribution in [0.2, 0.25) is 0 Å². The van der Waals surface area contributed by atoms with E-state index in [1.54, 1.807) is 0 Å². The molecule has 3 N–H and O–H groups in total. The van der Waals surface area contributed by atoms with E-state index >= 15 is 0 Å². The van der Waals surface area contributed by atoms with Gasteiger partial charge in [0.25, 0.3) is 0 Å². The number of nitrogens with one attached hydrogen (secondary N) is 1. The van der Waals surface area contributed by atoms with Crippen molar-refractivity contribution in [3.63, 3.8) is 0 Å². The van der Waals surface area contributed by atoms with Gasteiger partial charge in [-0.3, -0.25) is 14.9 Å². The molecule has 6 heteroatoms. The maximum absolute atomic E-state index is 10.9. The molecule has 0 bridgehead atoms. The van der Waals surface area contributed by atoms with Gasteiger partial charge in [0.05, 0.1) is 11.1 Å². The van der Waals surface area contributed by atoms with E-state index in [9.17, 15) is 14.9 Å². The van der Waals surface area contributed by atoms with Crippen molar-refractivity contribution in [1.29, 1.82) is 0 Å². The average Bonchev–Trinajstić information content (AvgIpc) is 2.48. The minimum absolute atomic E-state index is 0.194. The van der Waals surface area contributed by atoms with Crippen LogP contribution in [0.3, 0.4) is 0 Å². The number of benzene rings is 1. The van der Waals surface area contributed by atoms with E-state index in [0.29, 0.717) is 5.70 Å². The minimum atomic E-state index is -1.08. The van der Waals surface area contributed by atoms with Crippen molar-refractivity contribution in [1.82, 2.24) is 5.32 Å². The molecule has 0 fully saturated rings. The maximum Gasteiger partial charge on any atom is 0.349 e. The van der Waals surface area contributed by atoms with Gasteiger partial charge in [-0.1, -0.05) is 42.5 Å². The Morgan fingerprint density at radius 3 is 2.71 bits per heavy atom. The highest BCUT2D eigenvalue weighted by Gasteiger charge is 2.18. The molecule has 1 aliphatic rings. The van der Waals surface area contributed by atoms with E-state index in [1.165, 1.54) is 0 Å². The molecule has 6 nitrogen and oxygen atoms in total. The Morgan fingerprint density at radius 1 is 1.38 bits per heavy atom. The van der Waals surface area contributed by atoms with Crippen LogP contribution in [0.1, 0.15) is 17.9 Å². The van der Waals surface area contributed by atoms with Crippen LogP contribution >= 0.6 is 0 Å². The Balaban J connectivity index is 2.15. The predicted octanol–water partition coefficient (Wildman–Crippen LogP) is 1.81. The Bertz CT molecular complexity index is 617. The van der Waals surface area contributed by atoms with Gasteiger partial charge in [0.15, 0.2) is 0 Å². The summed E-state index contributed by atoms with van der Waals surface area (Å²) in [5, 5.41) is 13.4. The van der Waals surface area contributed by atoms with Gasteiger partial charge in [-0.25, -0.2) is 0 Å². The van der Waals surface area contributed by atoms with Gasteiger partial charge in [-0.2, -0.15) is 0 Å². The molecular formula is C15H15N3O3. The summed E-state index contributed by atoms with van der Waals surface area (Å²) >= 11 is 0. The average molecular weight is 285 g/mol. The third kappa shape index (κ3) is 3.79. The molecule has 0 saturated carbocycles. The number of primary amides is 1. The number of carbonyl (C=O) groups is 1. The van der Waals surface area contributed by atoms with Crippen molar-refractivity contribution in [2.24, 2.45) is 5.73 Å². The van der Waals surface area contributed by atoms with Crippen molar-refractivity contribution < 1.29 is 9.72 Å². The second kappa shape index (κ2) is 6.51. The lowest BCUT2D eigenvalue weighted by molar-refractivity contribution is -0.419. The Kier molecular flexibility index (Phi) is 4.50. The summed E-state index contributed by atoms with van der Waals surface area (Å²) in [7, 11) is 0. The highest BCUT2D eigenvalue weighted by atomic mass is 16.6. The fourth-order valence-electron chi connectivity index (χ4n) is 2.08. The van der Waals surface area contributed by atoms with Crippen molar-refractivity contribution >= 4 is 5.91 Å². The molecule has 1 aliphatic carbocycles. The van der Waals surface area contributed by atoms with Gasteiger partial charge in [-0.05, 0) is 18.1 Å². The lowest BCUT2D eigenvalue weighted by atomic mass is 9.91. The summed E-state index contributed by atoms with van der Waals surface area (Å²) in [6.45, 7) is 0. The number of nitro groups is 1. The van der Waals surface area contributed by atoms with E-state index in [-0.39, 0.29) is 5.92 Å². The maximum atomic E-state index is 10.9. The molecule has 0 spiro atoms. The first-order chi connectivity index (χ1) is 10.1. The number of allylic oxidation sites excluding steroid dienone is 3. The first-order valence-electron chi connectivity index (χ1n) is 6.42. The number of amides is 1. The summed E-state index contributed by atoms with van der Waals surface area (Å²) < 4.78 is 0. The second-order valence-electron chi connectivity index (χ2n) is 4.57. The van der Waals surface area contributed by atoms with Gasteiger partial charge >= 0.3 is 11.6 Å². The molecule has 0 radical (unpaired) electrons. The van der Waals surface area contributed by atoms with Crippen LogP contribution in [0.15, 0.2) is 66.2 Å². The lowest BCUT2D eigenvalue weighted by Crippen LogP contribution is -2.22. The summed E-state index contributed by atoms with van der Waals surface area (Å²) in [5.41, 5.74) is 6.12. The van der Waals surface area contributed by atoms with Crippen LogP contribution in [0.5, 0.6) is 0 Å². The van der Waals surface area contributed by atoms with Crippen molar-refractivity contribution in [2.75, 3.05) is 0 Å². The molecular weight excluding hydrogens is 270 g/mol. The number of hydrogen-bond donors (Lipinski definition) is 2. The van der Waals surface area contributed by atoms with Crippen LogP contribution in [0.25, 0.3) is 0 Å². The Hall–Kier alpha value is -2.89. The molecule has 21 heavy (non-hydrogen) atoms. The number of carbonyl (C=O) groups excluding carboxylic acids is 1. The molecule has 1 unspecified atom stereocenters. The van der Waals surface area contributed by atoms with Gasteiger partial charge in [-0.15, -0.1) is 0 Å². The SMILES string of the molecule is NC(=O)/C(=C\NC1=CC(c2ccccc2)CC=C1)[N+](=O)[O-]. The highest BCUT2D eigenvalue weighted by molar-refractivity contribution is 5.89. The molecule has 1 amide bonds. The van der Waals surface area contributed by atoms with Gasteiger partial charge in [0, 0.05) is 11.6 Å². The summed E-state index contributed by atoms with van der Waals surface area (Å²) in [6, 6.07) is 9.93. The molecule has 1 aromatic rings. The monoisotopic (exact) mass is 285 g/mol. The quantitative estimate of drug-likeness (QED) is 0.489. The number of hydrogen-bond acceptors (Lipinski definition) is 4. The van der Waals surface area contributed by atoms with Crippen molar-refractivity contribution in [3.8, 4) is 0 Å². The summed E-state index contributed by atoms with van der Waals surface area (Å²) in [6.07, 6.45) is 7.63. The van der Waals surface area contributed by atoms with Crippen LogP contribution < -0.4 is 11.1 Å². The lowest BCUT2D eigenvalue weighted by Gasteiger charge is -2.17. The number of nitrogens with two attached hydrogens (primary N) is 1. The van der Waals surface area contributed by atoms with E-state index in [4.69, 9.17) is 5.73 Å². The molecule has 2 rings (SSSR count). The van der Waals surface area contributed by atoms with E-state index in [2.05, 4.69) is 5.32 Å². The molecule has 1 atom stereocenters. The minimum Gasteiger partial charge on any atom is -0.360 e. The van der Waals surface area contributed by atoms with Gasteiger partial charge in [0.1, 0.15) is 0 Å². The number of nitrogens with zero attached hydrogens (tertiary/aromatic N) is 1. The third-order valence-electron chi connectivity index (χ3n) is 3.12. The van der Waals surface area contributed by atoms with Crippen LogP contribution in [-0.4, -0.2) is 10.8 Å². The first-order valence-corrected chi connectivity index (χ1v) is 6.42. The van der Waals surface area contributed by atoms with E-state index in [0.717, 1.165) is 18.2 Å². The fraction of sp³-hybridized carbons (Fsp3) is 0.133. The zero-order chi connectivity index (χ0) is 15.2. The molecule has 0 saturated heterocycles. The van der Waals surface area contributed by atoms with Gasteiger partial charge < -0.3 is 11.1 Å². The van der Waals surface area contributed by atoms with Gasteiger partial charge in [0.2, 0.25) is 0 Å². The predicted molar refractivity (Wildman–Crippen MR) is 78.4 cm³/mol. The van der Waals surface area contributed by atoms with Crippen molar-refractivity contribution in [2.45, 2.75) is 12.3 Å². The van der Waals surface area contributed by atoms with Crippen LogP contribution in [-0.2, 0) is 4.79 Å². The summed E-state index contributed by atoms with van der Waals surface area (Å²) in [4.78, 5) is 20.8. The molecule has 0 heterocycles. The highest BCUT2D eigenvalue weighted by Crippen LogP contribution is 2.26. The Morgan fingerprint density at radius 2 is 2.10 bits per heavy atom. The molecule has 0 aromatic heterocycles. The van der Waals surface area contributed by atoms with Crippen LogP contribution in [0.4, 0.5) is 0 Å². The zero-order valence-corrected chi connectivity index (χ0v) is 11.2. The normalized spacial score (nSPS) is 18.0. The van der Waals surface area contributed by atoms with Crippen molar-refractivity contribution in [3.05, 3.63) is 81.8 Å². The smallest absolute Gasteiger partial charge is 0.349 e.